The fourth-order valence-corrected chi connectivity index (χ4v) is 10.0. The first-order valence-electron chi connectivity index (χ1n) is 18.8. The number of esters is 4. The van der Waals surface area contributed by atoms with Gasteiger partial charge in [0.15, 0.2) is 23.5 Å². The summed E-state index contributed by atoms with van der Waals surface area (Å²) < 4.78 is 37.8. The molecule has 1 aromatic heterocycles. The lowest BCUT2D eigenvalue weighted by Gasteiger charge is -2.46. The van der Waals surface area contributed by atoms with Crippen LogP contribution >= 0.6 is 0 Å². The van der Waals surface area contributed by atoms with E-state index in [1.165, 1.54) is 0 Å². The molecule has 0 amide bonds. The quantitative estimate of drug-likeness (QED) is 0.118. The maximum atomic E-state index is 14.9. The molecule has 2 saturated heterocycles. The Labute approximate surface area is 316 Å². The van der Waals surface area contributed by atoms with Crippen molar-refractivity contribution >= 4 is 45.7 Å². The predicted molar refractivity (Wildman–Crippen MR) is 197 cm³/mol. The summed E-state index contributed by atoms with van der Waals surface area (Å²) in [5, 5.41) is 1.19. The SMILES string of the molecule is CC1(C)Oc2c(c3oc(=O)c(-c4ccccc4)nc3c3ccccc23)[C@H](OC(=O)[C@@]23CC[C@@](C)(C(=O)O2)C3(C)C)[C@@H]1OC(=O)[C@@]12CC[C@@](C)(C(=O)O1)C2(C)C. The third-order valence-electron chi connectivity index (χ3n) is 14.7. The van der Waals surface area contributed by atoms with Crippen LogP contribution in [-0.4, -0.2) is 51.8 Å². The highest BCUT2D eigenvalue weighted by molar-refractivity contribution is 6.09. The molecule has 5 aliphatic rings. The second-order valence-corrected chi connectivity index (χ2v) is 17.9. The fourth-order valence-electron chi connectivity index (χ4n) is 10.0. The van der Waals surface area contributed by atoms with E-state index in [2.05, 4.69) is 0 Å². The van der Waals surface area contributed by atoms with Crippen LogP contribution in [0.4, 0.5) is 0 Å². The number of hydrogen-bond donors (Lipinski definition) is 0. The maximum absolute atomic E-state index is 14.9. The highest BCUT2D eigenvalue weighted by atomic mass is 16.7. The van der Waals surface area contributed by atoms with Gasteiger partial charge in [0.25, 0.3) is 0 Å². The molecule has 0 spiro atoms. The minimum absolute atomic E-state index is 0.0246. The molecule has 9 rings (SSSR count). The Morgan fingerprint density at radius 1 is 0.673 bits per heavy atom. The lowest BCUT2D eigenvalue weighted by molar-refractivity contribution is -0.217. The smallest absolute Gasteiger partial charge is 0.363 e. The van der Waals surface area contributed by atoms with Gasteiger partial charge in [-0.15, -0.1) is 0 Å². The Bertz CT molecular complexity index is 2470. The molecule has 0 radical (unpaired) electrons. The van der Waals surface area contributed by atoms with Gasteiger partial charge in [-0.3, -0.25) is 9.59 Å². The summed E-state index contributed by atoms with van der Waals surface area (Å²) in [6.07, 6.45) is -1.60. The van der Waals surface area contributed by atoms with Crippen molar-refractivity contribution in [1.82, 2.24) is 4.98 Å². The zero-order valence-corrected chi connectivity index (χ0v) is 32.1. The summed E-state index contributed by atoms with van der Waals surface area (Å²) in [7, 11) is 0. The Hall–Kier alpha value is -5.26. The molecule has 3 aliphatic heterocycles. The van der Waals surface area contributed by atoms with Crippen LogP contribution in [0, 0.1) is 21.7 Å². The molecular formula is C43H43NO11. The van der Waals surface area contributed by atoms with Crippen molar-refractivity contribution in [2.24, 2.45) is 21.7 Å². The van der Waals surface area contributed by atoms with E-state index >= 15 is 0 Å². The van der Waals surface area contributed by atoms with Crippen molar-refractivity contribution in [2.75, 3.05) is 0 Å². The zero-order valence-electron chi connectivity index (χ0n) is 32.1. The van der Waals surface area contributed by atoms with E-state index in [1.807, 2.05) is 58.0 Å². The van der Waals surface area contributed by atoms with Crippen molar-refractivity contribution in [3.63, 3.8) is 0 Å². The van der Waals surface area contributed by atoms with Crippen LogP contribution < -0.4 is 10.4 Å². The van der Waals surface area contributed by atoms with Gasteiger partial charge in [0.05, 0.1) is 16.4 Å². The first-order valence-corrected chi connectivity index (χ1v) is 18.8. The summed E-state index contributed by atoms with van der Waals surface area (Å²) in [5.41, 5.74) is -8.19. The monoisotopic (exact) mass is 749 g/mol. The molecule has 0 unspecified atom stereocenters. The Balaban J connectivity index is 1.26. The first-order chi connectivity index (χ1) is 25.8. The number of benzene rings is 3. The van der Waals surface area contributed by atoms with E-state index in [4.69, 9.17) is 33.1 Å². The van der Waals surface area contributed by atoms with Crippen molar-refractivity contribution in [1.29, 1.82) is 0 Å². The van der Waals surface area contributed by atoms with Crippen LogP contribution in [0.2, 0.25) is 0 Å². The van der Waals surface area contributed by atoms with Crippen molar-refractivity contribution < 1.29 is 47.3 Å². The van der Waals surface area contributed by atoms with Gasteiger partial charge in [-0.1, -0.05) is 82.3 Å². The number of hydrogen-bond acceptors (Lipinski definition) is 12. The molecule has 4 fully saturated rings. The highest BCUT2D eigenvalue weighted by Gasteiger charge is 2.78. The van der Waals surface area contributed by atoms with Crippen LogP contribution in [0.3, 0.4) is 0 Å². The van der Waals surface area contributed by atoms with E-state index in [9.17, 15) is 24.0 Å². The van der Waals surface area contributed by atoms with Crippen LogP contribution in [0.1, 0.15) is 92.7 Å². The normalized spacial score (nSPS) is 33.2. The molecule has 2 saturated carbocycles. The second-order valence-electron chi connectivity index (χ2n) is 17.9. The second kappa shape index (κ2) is 10.7. The van der Waals surface area contributed by atoms with Crippen molar-refractivity contribution in [2.45, 2.75) is 110 Å². The van der Waals surface area contributed by atoms with Gasteiger partial charge >= 0.3 is 29.5 Å². The van der Waals surface area contributed by atoms with E-state index < -0.39 is 80.2 Å². The first kappa shape index (κ1) is 35.4. The average molecular weight is 750 g/mol. The van der Waals surface area contributed by atoms with E-state index in [1.54, 1.807) is 52.0 Å². The van der Waals surface area contributed by atoms with E-state index in [-0.39, 0.29) is 40.9 Å². The largest absolute Gasteiger partial charge is 0.483 e. The summed E-state index contributed by atoms with van der Waals surface area (Å²) in [5.74, 6) is -2.38. The topological polar surface area (TPSA) is 158 Å². The van der Waals surface area contributed by atoms with Crippen LogP contribution in [-0.2, 0) is 38.1 Å². The van der Waals surface area contributed by atoms with Crippen LogP contribution in [0.5, 0.6) is 5.75 Å². The third-order valence-corrected chi connectivity index (χ3v) is 14.7. The number of carbonyl (C=O) groups excluding carboxylic acids is 4. The molecular weight excluding hydrogens is 706 g/mol. The number of nitrogens with zero attached hydrogens (tertiary/aromatic N) is 1. The molecule has 55 heavy (non-hydrogen) atoms. The van der Waals surface area contributed by atoms with Gasteiger partial charge in [-0.05, 0) is 53.4 Å². The van der Waals surface area contributed by atoms with Gasteiger partial charge in [0, 0.05) is 27.2 Å². The predicted octanol–water partition coefficient (Wildman–Crippen LogP) is 6.92. The number of fused-ring (bicyclic) bond motifs is 10. The lowest BCUT2D eigenvalue weighted by Crippen LogP contribution is -2.57. The summed E-state index contributed by atoms with van der Waals surface area (Å²) in [6.45, 7) is 14.3. The maximum Gasteiger partial charge on any atom is 0.363 e. The van der Waals surface area contributed by atoms with Gasteiger partial charge in [-0.25, -0.2) is 19.4 Å². The fraction of sp³-hybridized carbons (Fsp3) is 0.488. The minimum atomic E-state index is -1.66. The van der Waals surface area contributed by atoms with Gasteiger partial charge in [0.1, 0.15) is 16.9 Å². The summed E-state index contributed by atoms with van der Waals surface area (Å²) in [4.78, 5) is 74.8. The molecule has 0 N–H and O–H groups in total. The van der Waals surface area contributed by atoms with Gasteiger partial charge in [-0.2, -0.15) is 0 Å². The Kier molecular flexibility index (Phi) is 6.92. The minimum Gasteiger partial charge on any atom is -0.483 e. The van der Waals surface area contributed by atoms with Crippen molar-refractivity contribution in [3.8, 4) is 17.0 Å². The number of rotatable bonds is 5. The van der Waals surface area contributed by atoms with Crippen molar-refractivity contribution in [3.05, 3.63) is 70.6 Å². The van der Waals surface area contributed by atoms with E-state index in [0.29, 0.717) is 29.2 Å². The summed E-state index contributed by atoms with van der Waals surface area (Å²) >= 11 is 0. The van der Waals surface area contributed by atoms with Crippen LogP contribution in [0.15, 0.2) is 63.8 Å². The molecule has 4 bridgehead atoms. The molecule has 2 aliphatic carbocycles. The highest BCUT2D eigenvalue weighted by Crippen LogP contribution is 2.68. The number of aromatic nitrogens is 1. The van der Waals surface area contributed by atoms with Gasteiger partial charge in [0.2, 0.25) is 11.2 Å². The number of carbonyl (C=O) groups is 4. The molecule has 12 heteroatoms. The third kappa shape index (κ3) is 4.12. The Morgan fingerprint density at radius 3 is 1.73 bits per heavy atom. The molecule has 4 heterocycles. The standard InChI is InChI=1S/C43H43NO11/c1-37(2)31(52-36(49)43-21-19-41(8,34(47)55-43)39(43,5)6)30(51-35(48)42-20-18-40(7,33(46)54-42)38(42,3)4)25-28(53-37)24-17-13-12-16-23(24)27-29(25)50-32(45)26(44-27)22-14-10-9-11-15-22/h9-17,30-31H,18-21H2,1-8H3/t30-,31-,40-,41-,42+,43+/m0/s1. The summed E-state index contributed by atoms with van der Waals surface area (Å²) in [6, 6.07) is 16.2. The Morgan fingerprint density at radius 2 is 1.20 bits per heavy atom. The zero-order chi connectivity index (χ0) is 39.3. The lowest BCUT2D eigenvalue weighted by atomic mass is 9.66. The van der Waals surface area contributed by atoms with Gasteiger partial charge < -0.3 is 28.1 Å². The molecule has 12 nitrogen and oxygen atoms in total. The average Bonchev–Trinajstić information content (AvgIpc) is 3.61. The molecule has 4 aromatic rings. The van der Waals surface area contributed by atoms with E-state index in [0.717, 1.165) is 0 Å². The molecule has 3 aromatic carbocycles. The number of ether oxygens (including phenoxy) is 5. The van der Waals surface area contributed by atoms with Crippen LogP contribution in [0.25, 0.3) is 33.1 Å². The molecule has 6 atom stereocenters. The molecule has 286 valence electrons.